The van der Waals surface area contributed by atoms with Crippen molar-refractivity contribution < 1.29 is 0 Å². The standard InChI is InChI=1S/C5H14NPSe/c1-4-7(8,5-2)6-3/h4-5H2,1-3H3,(H,6,8). The summed E-state index contributed by atoms with van der Waals surface area (Å²) < 4.78 is 0. The van der Waals surface area contributed by atoms with Gasteiger partial charge in [0.25, 0.3) is 0 Å². The van der Waals surface area contributed by atoms with Gasteiger partial charge in [0, 0.05) is 0 Å². The Labute approximate surface area is 59.5 Å². The van der Waals surface area contributed by atoms with Crippen LogP contribution in [0.1, 0.15) is 13.8 Å². The first-order chi connectivity index (χ1) is 3.68. The Hall–Kier alpha value is 0.909. The summed E-state index contributed by atoms with van der Waals surface area (Å²) in [5, 5.41) is 3.33. The molecule has 0 saturated heterocycles. The molecule has 0 radical (unpaired) electrons. The first-order valence-electron chi connectivity index (χ1n) is 2.95. The molecule has 1 N–H and O–H groups in total. The summed E-state index contributed by atoms with van der Waals surface area (Å²) in [6, 6.07) is 0. The summed E-state index contributed by atoms with van der Waals surface area (Å²) in [7, 11) is 2.04. The molecule has 0 rings (SSSR count). The normalized spacial score (nSPS) is 11.9. The molecule has 0 fully saturated rings. The van der Waals surface area contributed by atoms with Crippen molar-refractivity contribution in [2.24, 2.45) is 0 Å². The maximum atomic E-state index is 3.33. The molecule has 0 bridgehead atoms. The molecule has 0 spiro atoms. The third-order valence-corrected chi connectivity index (χ3v) is 8.69. The Bertz CT molecular complexity index is 83.6. The fourth-order valence-corrected chi connectivity index (χ4v) is 1.62. The third-order valence-electron chi connectivity index (χ3n) is 1.43. The van der Waals surface area contributed by atoms with Crippen molar-refractivity contribution in [1.82, 2.24) is 5.09 Å². The van der Waals surface area contributed by atoms with Crippen LogP contribution in [-0.2, 0) is 0 Å². The van der Waals surface area contributed by atoms with Gasteiger partial charge in [-0.15, -0.1) is 0 Å². The van der Waals surface area contributed by atoms with Crippen LogP contribution < -0.4 is 5.09 Å². The third kappa shape index (κ3) is 2.46. The second-order valence-corrected chi connectivity index (χ2v) is 9.64. The minimum atomic E-state index is -0.787. The first-order valence-corrected chi connectivity index (χ1v) is 7.33. The molecule has 50 valence electrons. The van der Waals surface area contributed by atoms with Crippen molar-refractivity contribution in [3.05, 3.63) is 0 Å². The zero-order valence-electron chi connectivity index (χ0n) is 5.77. The molecule has 3 heteroatoms. The van der Waals surface area contributed by atoms with E-state index in [1.807, 2.05) is 7.05 Å². The molecule has 0 aromatic rings. The van der Waals surface area contributed by atoms with Crippen molar-refractivity contribution in [2.45, 2.75) is 13.8 Å². The average molecular weight is 198 g/mol. The topological polar surface area (TPSA) is 12.0 Å². The second kappa shape index (κ2) is 3.85. The monoisotopic (exact) mass is 199 g/mol. The van der Waals surface area contributed by atoms with E-state index in [1.54, 1.807) is 0 Å². The molecule has 0 aliphatic rings. The molecule has 0 aromatic carbocycles. The number of rotatable bonds is 3. The van der Waals surface area contributed by atoms with Gasteiger partial charge in [-0.2, -0.15) is 0 Å². The van der Waals surface area contributed by atoms with Crippen LogP contribution in [0, 0.1) is 0 Å². The second-order valence-electron chi connectivity index (χ2n) is 1.75. The van der Waals surface area contributed by atoms with Gasteiger partial charge < -0.3 is 0 Å². The maximum absolute atomic E-state index is 3.33. The zero-order valence-corrected chi connectivity index (χ0v) is 8.38. The molecule has 0 heterocycles. The van der Waals surface area contributed by atoms with Crippen molar-refractivity contribution in [1.29, 1.82) is 0 Å². The van der Waals surface area contributed by atoms with Crippen molar-refractivity contribution in [2.75, 3.05) is 19.4 Å². The molecule has 0 aliphatic heterocycles. The zero-order chi connectivity index (χ0) is 6.62. The molecule has 0 atom stereocenters. The van der Waals surface area contributed by atoms with E-state index in [0.29, 0.717) is 0 Å². The summed E-state index contributed by atoms with van der Waals surface area (Å²) in [5.41, 5.74) is -0.787. The van der Waals surface area contributed by atoms with Gasteiger partial charge in [-0.1, -0.05) is 0 Å². The van der Waals surface area contributed by atoms with E-state index in [0.717, 1.165) is 0 Å². The van der Waals surface area contributed by atoms with Crippen molar-refractivity contribution in [3.63, 3.8) is 0 Å². The molecule has 0 unspecified atom stereocenters. The van der Waals surface area contributed by atoms with Crippen LogP contribution in [0.2, 0.25) is 0 Å². The summed E-state index contributed by atoms with van der Waals surface area (Å²) in [4.78, 5) is 0. The van der Waals surface area contributed by atoms with Crippen LogP contribution >= 0.6 is 5.66 Å². The number of hydrogen-bond donors (Lipinski definition) is 1. The molecule has 0 aromatic heterocycles. The Kier molecular flexibility index (Phi) is 4.28. The van der Waals surface area contributed by atoms with E-state index < -0.39 is 5.66 Å². The van der Waals surface area contributed by atoms with Gasteiger partial charge in [-0.25, -0.2) is 0 Å². The molecular weight excluding hydrogens is 184 g/mol. The van der Waals surface area contributed by atoms with E-state index in [-0.39, 0.29) is 0 Å². The first kappa shape index (κ1) is 8.91. The minimum absolute atomic E-state index is 0.787. The van der Waals surface area contributed by atoms with Crippen LogP contribution in [0.25, 0.3) is 0 Å². The van der Waals surface area contributed by atoms with Crippen LogP contribution in [-0.4, -0.2) is 34.5 Å². The van der Waals surface area contributed by atoms with Gasteiger partial charge in [0.05, 0.1) is 0 Å². The quantitative estimate of drug-likeness (QED) is 0.531. The molecule has 0 saturated carbocycles. The predicted octanol–water partition coefficient (Wildman–Crippen LogP) is 1.26. The summed E-state index contributed by atoms with van der Waals surface area (Å²) in [6.45, 7) is 4.45. The Morgan fingerprint density at radius 1 is 1.38 bits per heavy atom. The van der Waals surface area contributed by atoms with Gasteiger partial charge in [-0.3, -0.25) is 0 Å². The number of nitrogens with one attached hydrogen (secondary N) is 1. The SMILES string of the molecule is CCP(=[Se])(CC)NC. The van der Waals surface area contributed by atoms with E-state index in [4.69, 9.17) is 0 Å². The van der Waals surface area contributed by atoms with E-state index in [2.05, 4.69) is 34.0 Å². The van der Waals surface area contributed by atoms with Crippen LogP contribution in [0.15, 0.2) is 0 Å². The fourth-order valence-electron chi connectivity index (χ4n) is 0.540. The Morgan fingerprint density at radius 2 is 1.75 bits per heavy atom. The predicted molar refractivity (Wildman–Crippen MR) is 42.8 cm³/mol. The van der Waals surface area contributed by atoms with Crippen molar-refractivity contribution in [3.8, 4) is 0 Å². The van der Waals surface area contributed by atoms with Crippen LogP contribution in [0.4, 0.5) is 0 Å². The fraction of sp³-hybridized carbons (Fsp3) is 1.00. The molecule has 1 nitrogen and oxygen atoms in total. The summed E-state index contributed by atoms with van der Waals surface area (Å²) >= 11 is 3.24. The number of hydrogen-bond acceptors (Lipinski definition) is 1. The Morgan fingerprint density at radius 3 is 1.75 bits per heavy atom. The molecule has 0 amide bonds. The average Bonchev–Trinajstić information content (AvgIpc) is 1.87. The van der Waals surface area contributed by atoms with Gasteiger partial charge in [0.15, 0.2) is 0 Å². The molecule has 0 aliphatic carbocycles. The summed E-state index contributed by atoms with van der Waals surface area (Å²) in [5.74, 6) is 0. The van der Waals surface area contributed by atoms with Gasteiger partial charge in [-0.05, 0) is 0 Å². The van der Waals surface area contributed by atoms with Gasteiger partial charge in [0.1, 0.15) is 0 Å². The Balaban J connectivity index is 3.79. The van der Waals surface area contributed by atoms with E-state index in [1.165, 1.54) is 12.3 Å². The van der Waals surface area contributed by atoms with E-state index >= 15 is 0 Å². The molecule has 8 heavy (non-hydrogen) atoms. The van der Waals surface area contributed by atoms with Gasteiger partial charge in [0.2, 0.25) is 0 Å². The van der Waals surface area contributed by atoms with Gasteiger partial charge >= 0.3 is 59.1 Å². The van der Waals surface area contributed by atoms with E-state index in [9.17, 15) is 0 Å². The van der Waals surface area contributed by atoms with Crippen molar-refractivity contribution >= 4 is 20.8 Å². The summed E-state index contributed by atoms with van der Waals surface area (Å²) in [6.07, 6.45) is 2.53. The van der Waals surface area contributed by atoms with Crippen LogP contribution in [0.5, 0.6) is 0 Å². The molecular formula is C5H14NPSe. The van der Waals surface area contributed by atoms with Crippen LogP contribution in [0.3, 0.4) is 0 Å².